The molecule has 1 aromatic heterocycles. The van der Waals surface area contributed by atoms with Crippen LogP contribution in [0, 0.1) is 0 Å². The zero-order valence-corrected chi connectivity index (χ0v) is 25.6. The van der Waals surface area contributed by atoms with Gasteiger partial charge in [0.25, 0.3) is 0 Å². The molecule has 0 bridgehead atoms. The van der Waals surface area contributed by atoms with Crippen LogP contribution >= 0.6 is 27.5 Å². The van der Waals surface area contributed by atoms with E-state index in [1.807, 2.05) is 42.5 Å². The highest BCUT2D eigenvalue weighted by atomic mass is 79.9. The van der Waals surface area contributed by atoms with Crippen LogP contribution in [0.25, 0.3) is 44.7 Å². The van der Waals surface area contributed by atoms with E-state index in [1.54, 1.807) is 0 Å². The molecule has 0 radical (unpaired) electrons. The van der Waals surface area contributed by atoms with Gasteiger partial charge in [-0.2, -0.15) is 9.97 Å². The van der Waals surface area contributed by atoms with Crippen LogP contribution in [0.1, 0.15) is 0 Å². The van der Waals surface area contributed by atoms with Crippen molar-refractivity contribution < 1.29 is 0 Å². The maximum atomic E-state index is 6.36. The monoisotopic (exact) mass is 651 g/mol. The molecular formula is C37H23BrClN5. The minimum Gasteiger partial charge on any atom is -0.352 e. The summed E-state index contributed by atoms with van der Waals surface area (Å²) in [6.45, 7) is 0. The fraction of sp³-hybridized carbons (Fsp3) is 0. The summed E-state index contributed by atoms with van der Waals surface area (Å²) < 4.78 is 1.06. The number of nitrogens with one attached hydrogen (secondary N) is 1. The lowest BCUT2D eigenvalue weighted by Gasteiger charge is -2.35. The van der Waals surface area contributed by atoms with E-state index < -0.39 is 0 Å². The van der Waals surface area contributed by atoms with Gasteiger partial charge in [-0.15, -0.1) is 0 Å². The first kappa shape index (κ1) is 26.6. The fourth-order valence-corrected chi connectivity index (χ4v) is 6.56. The Morgan fingerprint density at radius 3 is 2.02 bits per heavy atom. The average molecular weight is 653 g/mol. The third-order valence-corrected chi connectivity index (χ3v) is 8.65. The third kappa shape index (κ3) is 4.69. The van der Waals surface area contributed by atoms with E-state index in [-0.39, 0.29) is 5.28 Å². The number of rotatable bonds is 4. The van der Waals surface area contributed by atoms with Gasteiger partial charge in [-0.1, -0.05) is 107 Å². The van der Waals surface area contributed by atoms with Gasteiger partial charge in [0.2, 0.25) is 5.28 Å². The van der Waals surface area contributed by atoms with Gasteiger partial charge in [-0.25, -0.2) is 4.98 Å². The van der Waals surface area contributed by atoms with Crippen molar-refractivity contribution in [3.8, 4) is 33.9 Å². The molecular weight excluding hydrogens is 630 g/mol. The summed E-state index contributed by atoms with van der Waals surface area (Å²) in [6.07, 6.45) is 0. The molecule has 44 heavy (non-hydrogen) atoms. The molecule has 7 aromatic rings. The number of hydrogen-bond acceptors (Lipinski definition) is 5. The van der Waals surface area contributed by atoms with Gasteiger partial charge in [0.15, 0.2) is 11.6 Å². The smallest absolute Gasteiger partial charge is 0.226 e. The Labute approximate surface area is 268 Å². The molecule has 8 rings (SSSR count). The van der Waals surface area contributed by atoms with Gasteiger partial charge >= 0.3 is 0 Å². The average Bonchev–Trinajstić information content (AvgIpc) is 3.07. The van der Waals surface area contributed by atoms with Crippen LogP contribution in [0.2, 0.25) is 5.28 Å². The van der Waals surface area contributed by atoms with Crippen molar-refractivity contribution in [2.45, 2.75) is 0 Å². The Hall–Kier alpha value is -5.04. The van der Waals surface area contributed by atoms with E-state index in [1.165, 1.54) is 10.8 Å². The highest BCUT2D eigenvalue weighted by Crippen LogP contribution is 2.51. The largest absolute Gasteiger partial charge is 0.352 e. The van der Waals surface area contributed by atoms with Crippen LogP contribution in [0.4, 0.5) is 28.4 Å². The molecule has 0 saturated carbocycles. The van der Waals surface area contributed by atoms with Gasteiger partial charge in [-0.3, -0.25) is 0 Å². The molecule has 0 atom stereocenters. The number of para-hydroxylation sites is 2. The quantitative estimate of drug-likeness (QED) is 0.205. The van der Waals surface area contributed by atoms with Gasteiger partial charge in [-0.05, 0) is 70.6 Å². The Morgan fingerprint density at radius 1 is 0.523 bits per heavy atom. The lowest BCUT2D eigenvalue weighted by Crippen LogP contribution is -2.18. The minimum atomic E-state index is 0.163. The Balaban J connectivity index is 1.23. The third-order valence-electron chi connectivity index (χ3n) is 7.82. The lowest BCUT2D eigenvalue weighted by atomic mass is 9.99. The van der Waals surface area contributed by atoms with Gasteiger partial charge in [0.05, 0.1) is 28.4 Å². The van der Waals surface area contributed by atoms with E-state index in [2.05, 4.69) is 127 Å². The molecule has 0 unspecified atom stereocenters. The molecule has 5 nitrogen and oxygen atoms in total. The van der Waals surface area contributed by atoms with Crippen LogP contribution in [0.3, 0.4) is 0 Å². The molecule has 0 saturated heterocycles. The summed E-state index contributed by atoms with van der Waals surface area (Å²) in [7, 11) is 0. The molecule has 7 heteroatoms. The van der Waals surface area contributed by atoms with E-state index in [0.717, 1.165) is 55.2 Å². The van der Waals surface area contributed by atoms with Crippen molar-refractivity contribution in [1.29, 1.82) is 0 Å². The summed E-state index contributed by atoms with van der Waals surface area (Å²) in [5, 5.41) is 6.20. The standard InChI is InChI=1S/C37H23BrClN5/c38-28-15-7-11-23-12-8-18-33(34(23)28)44-31-17-5-4-16-29(31)40-30-22-26(19-20-32(30)44)25-13-6-14-27(21-25)36-41-35(42-37(39)43-36)24-9-2-1-3-10-24/h1-22,40H. The van der Waals surface area contributed by atoms with Crippen molar-refractivity contribution in [2.24, 2.45) is 0 Å². The number of fused-ring (bicyclic) bond motifs is 3. The van der Waals surface area contributed by atoms with Gasteiger partial charge in [0.1, 0.15) is 0 Å². The second-order valence-electron chi connectivity index (χ2n) is 10.5. The maximum absolute atomic E-state index is 6.36. The fourth-order valence-electron chi connectivity index (χ4n) is 5.82. The topological polar surface area (TPSA) is 53.9 Å². The zero-order chi connectivity index (χ0) is 29.6. The van der Waals surface area contributed by atoms with Crippen molar-refractivity contribution in [3.63, 3.8) is 0 Å². The molecule has 1 aliphatic rings. The molecule has 0 fully saturated rings. The van der Waals surface area contributed by atoms with E-state index in [4.69, 9.17) is 16.6 Å². The number of hydrogen-bond donors (Lipinski definition) is 1. The van der Waals surface area contributed by atoms with Crippen LogP contribution in [0.15, 0.2) is 138 Å². The molecule has 0 spiro atoms. The minimum absolute atomic E-state index is 0.163. The molecule has 1 aliphatic heterocycles. The molecule has 0 aliphatic carbocycles. The maximum Gasteiger partial charge on any atom is 0.226 e. The van der Waals surface area contributed by atoms with Gasteiger partial charge < -0.3 is 10.2 Å². The Morgan fingerprint density at radius 2 is 1.16 bits per heavy atom. The molecule has 0 amide bonds. The first-order valence-corrected chi connectivity index (χ1v) is 15.3. The predicted octanol–water partition coefficient (Wildman–Crippen LogP) is 11.0. The molecule has 6 aromatic carbocycles. The van der Waals surface area contributed by atoms with Crippen molar-refractivity contribution in [2.75, 3.05) is 10.2 Å². The second-order valence-corrected chi connectivity index (χ2v) is 11.7. The SMILES string of the molecule is Clc1nc(-c2ccccc2)nc(-c2cccc(-c3ccc4c(c3)Nc3ccccc3N4c3cccc4cccc(Br)c34)c2)n1. The lowest BCUT2D eigenvalue weighted by molar-refractivity contribution is 1.07. The number of aromatic nitrogens is 3. The van der Waals surface area contributed by atoms with Crippen LogP contribution in [-0.2, 0) is 0 Å². The number of anilines is 5. The summed E-state index contributed by atoms with van der Waals surface area (Å²) >= 11 is 10.2. The van der Waals surface area contributed by atoms with Crippen LogP contribution in [0.5, 0.6) is 0 Å². The normalized spacial score (nSPS) is 12.0. The van der Waals surface area contributed by atoms with Gasteiger partial charge in [0, 0.05) is 21.0 Å². The van der Waals surface area contributed by atoms with Crippen molar-refractivity contribution in [1.82, 2.24) is 15.0 Å². The molecule has 2 heterocycles. The van der Waals surface area contributed by atoms with E-state index >= 15 is 0 Å². The number of nitrogens with zero attached hydrogens (tertiary/aromatic N) is 4. The number of halogens is 2. The Bertz CT molecular complexity index is 2200. The first-order valence-electron chi connectivity index (χ1n) is 14.2. The van der Waals surface area contributed by atoms with Crippen LogP contribution in [-0.4, -0.2) is 15.0 Å². The van der Waals surface area contributed by atoms with Crippen LogP contribution < -0.4 is 10.2 Å². The van der Waals surface area contributed by atoms with E-state index in [9.17, 15) is 0 Å². The number of benzene rings is 6. The summed E-state index contributed by atoms with van der Waals surface area (Å²) in [4.78, 5) is 15.9. The first-order chi connectivity index (χ1) is 21.6. The van der Waals surface area contributed by atoms with Crippen molar-refractivity contribution in [3.05, 3.63) is 143 Å². The summed E-state index contributed by atoms with van der Waals surface area (Å²) in [6, 6.07) is 45.7. The summed E-state index contributed by atoms with van der Waals surface area (Å²) in [5.74, 6) is 1.08. The second kappa shape index (κ2) is 10.9. The zero-order valence-electron chi connectivity index (χ0n) is 23.2. The van der Waals surface area contributed by atoms with E-state index in [0.29, 0.717) is 11.6 Å². The highest BCUT2D eigenvalue weighted by molar-refractivity contribution is 9.10. The van der Waals surface area contributed by atoms with Crippen molar-refractivity contribution >= 4 is 66.7 Å². The Kier molecular flexibility index (Phi) is 6.59. The molecule has 1 N–H and O–H groups in total. The summed E-state index contributed by atoms with van der Waals surface area (Å²) in [5.41, 5.74) is 9.21. The highest BCUT2D eigenvalue weighted by Gasteiger charge is 2.26. The molecule has 210 valence electrons. The predicted molar refractivity (Wildman–Crippen MR) is 184 cm³/mol.